The molecule has 1 aromatic carbocycles. The van der Waals surface area contributed by atoms with Crippen molar-refractivity contribution >= 4 is 11.7 Å². The van der Waals surface area contributed by atoms with E-state index in [-0.39, 0.29) is 11.9 Å². The minimum atomic E-state index is -0.260. The molecular weight excluding hydrogens is 234 g/mol. The molecule has 0 aliphatic carbocycles. The number of hydrogen-bond acceptors (Lipinski definition) is 5. The van der Waals surface area contributed by atoms with Gasteiger partial charge in [0.25, 0.3) is 0 Å². The van der Waals surface area contributed by atoms with Gasteiger partial charge >= 0.3 is 5.97 Å². The van der Waals surface area contributed by atoms with Gasteiger partial charge in [-0.25, -0.2) is 0 Å². The molecule has 0 saturated carbocycles. The van der Waals surface area contributed by atoms with Gasteiger partial charge in [-0.3, -0.25) is 4.79 Å². The molecule has 2 N–H and O–H groups in total. The van der Waals surface area contributed by atoms with Gasteiger partial charge in [0.1, 0.15) is 0 Å². The number of nitrogens with two attached hydrogens (primary N) is 1. The molecule has 0 heterocycles. The summed E-state index contributed by atoms with van der Waals surface area (Å²) in [6.07, 6.45) is 0.499. The van der Waals surface area contributed by atoms with E-state index in [0.29, 0.717) is 23.6 Å². The van der Waals surface area contributed by atoms with Crippen LogP contribution in [0.15, 0.2) is 12.1 Å². The van der Waals surface area contributed by atoms with Crippen molar-refractivity contribution in [1.82, 2.24) is 0 Å². The molecule has 0 bridgehead atoms. The Hall–Kier alpha value is -1.91. The summed E-state index contributed by atoms with van der Waals surface area (Å²) in [6.45, 7) is 1.79. The predicted molar refractivity (Wildman–Crippen MR) is 68.8 cm³/mol. The number of carbonyl (C=O) groups excluding carboxylic acids is 1. The molecule has 100 valence electrons. The highest BCUT2D eigenvalue weighted by molar-refractivity contribution is 5.73. The van der Waals surface area contributed by atoms with Gasteiger partial charge in [0, 0.05) is 0 Å². The molecule has 1 aromatic rings. The molecular formula is C13H19NO4. The van der Waals surface area contributed by atoms with E-state index in [2.05, 4.69) is 4.74 Å². The van der Waals surface area contributed by atoms with Crippen LogP contribution in [0.3, 0.4) is 0 Å². The van der Waals surface area contributed by atoms with Gasteiger partial charge in [0.2, 0.25) is 0 Å². The average molecular weight is 253 g/mol. The molecule has 1 rings (SSSR count). The number of hydrogen-bond donors (Lipinski definition) is 1. The minimum Gasteiger partial charge on any atom is -0.493 e. The minimum absolute atomic E-state index is 0.254. The van der Waals surface area contributed by atoms with Crippen molar-refractivity contribution in [2.45, 2.75) is 13.3 Å². The number of anilines is 1. The quantitative estimate of drug-likeness (QED) is 0.638. The standard InChI is InChI=1S/C13H19NO4/c1-8(13(15)18-4)7-9-5-6-10(16-2)12(17-3)11(9)14/h5-6,8H,7,14H2,1-4H3/t8-/m0/s1. The third-order valence-electron chi connectivity index (χ3n) is 2.80. The first-order chi connectivity index (χ1) is 8.54. The molecule has 5 heteroatoms. The Balaban J connectivity index is 3.01. The topological polar surface area (TPSA) is 70.8 Å². The van der Waals surface area contributed by atoms with Crippen molar-refractivity contribution in [3.05, 3.63) is 17.7 Å². The number of carbonyl (C=O) groups is 1. The first-order valence-electron chi connectivity index (χ1n) is 5.62. The van der Waals surface area contributed by atoms with E-state index in [0.717, 1.165) is 5.56 Å². The Morgan fingerprint density at radius 1 is 1.28 bits per heavy atom. The molecule has 0 aliphatic heterocycles. The second-order valence-electron chi connectivity index (χ2n) is 4.00. The van der Waals surface area contributed by atoms with Crippen LogP contribution in [0.25, 0.3) is 0 Å². The summed E-state index contributed by atoms with van der Waals surface area (Å²) in [5, 5.41) is 0. The van der Waals surface area contributed by atoms with Gasteiger partial charge in [-0.2, -0.15) is 0 Å². The second-order valence-corrected chi connectivity index (χ2v) is 4.00. The van der Waals surface area contributed by atoms with E-state index in [9.17, 15) is 4.79 Å². The van der Waals surface area contributed by atoms with Gasteiger partial charge in [0.05, 0.1) is 32.9 Å². The van der Waals surface area contributed by atoms with Crippen LogP contribution in [0.2, 0.25) is 0 Å². The van der Waals surface area contributed by atoms with E-state index in [4.69, 9.17) is 15.2 Å². The molecule has 0 radical (unpaired) electrons. The van der Waals surface area contributed by atoms with E-state index in [1.165, 1.54) is 14.2 Å². The SMILES string of the molecule is COC(=O)[C@@H](C)Cc1ccc(OC)c(OC)c1N. The van der Waals surface area contributed by atoms with Crippen molar-refractivity contribution in [2.24, 2.45) is 5.92 Å². The first kappa shape index (κ1) is 14.2. The third-order valence-corrected chi connectivity index (χ3v) is 2.80. The van der Waals surface area contributed by atoms with Crippen molar-refractivity contribution in [1.29, 1.82) is 0 Å². The molecule has 0 saturated heterocycles. The monoisotopic (exact) mass is 253 g/mol. The Morgan fingerprint density at radius 3 is 2.44 bits per heavy atom. The molecule has 0 fully saturated rings. The summed E-state index contributed by atoms with van der Waals surface area (Å²) in [5.41, 5.74) is 7.33. The van der Waals surface area contributed by atoms with Gasteiger partial charge < -0.3 is 19.9 Å². The van der Waals surface area contributed by atoms with Crippen LogP contribution in [0.5, 0.6) is 11.5 Å². The van der Waals surface area contributed by atoms with Crippen LogP contribution >= 0.6 is 0 Å². The van der Waals surface area contributed by atoms with Crippen molar-refractivity contribution in [3.63, 3.8) is 0 Å². The van der Waals surface area contributed by atoms with Crippen LogP contribution in [-0.4, -0.2) is 27.3 Å². The van der Waals surface area contributed by atoms with Gasteiger partial charge in [-0.1, -0.05) is 13.0 Å². The lowest BCUT2D eigenvalue weighted by Gasteiger charge is -2.15. The number of esters is 1. The van der Waals surface area contributed by atoms with Crippen LogP contribution in [0.1, 0.15) is 12.5 Å². The Labute approximate surface area is 107 Å². The molecule has 0 aliphatic rings. The number of nitrogen functional groups attached to an aromatic ring is 1. The number of methoxy groups -OCH3 is 3. The molecule has 0 amide bonds. The van der Waals surface area contributed by atoms with Crippen molar-refractivity contribution in [2.75, 3.05) is 27.1 Å². The molecule has 5 nitrogen and oxygen atoms in total. The highest BCUT2D eigenvalue weighted by atomic mass is 16.5. The van der Waals surface area contributed by atoms with Gasteiger partial charge in [0.15, 0.2) is 11.5 Å². The molecule has 1 atom stereocenters. The normalized spacial score (nSPS) is 11.8. The maximum Gasteiger partial charge on any atom is 0.308 e. The van der Waals surface area contributed by atoms with Crippen LogP contribution in [-0.2, 0) is 16.0 Å². The van der Waals surface area contributed by atoms with Crippen molar-refractivity contribution < 1.29 is 19.0 Å². The number of benzene rings is 1. The summed E-state index contributed by atoms with van der Waals surface area (Å²) < 4.78 is 15.0. The maximum absolute atomic E-state index is 11.4. The van der Waals surface area contributed by atoms with Gasteiger partial charge in [-0.05, 0) is 18.1 Å². The van der Waals surface area contributed by atoms with Gasteiger partial charge in [-0.15, -0.1) is 0 Å². The fourth-order valence-corrected chi connectivity index (χ4v) is 1.78. The summed E-state index contributed by atoms with van der Waals surface area (Å²) in [7, 11) is 4.45. The average Bonchev–Trinajstić information content (AvgIpc) is 2.39. The zero-order valence-electron chi connectivity index (χ0n) is 11.1. The fourth-order valence-electron chi connectivity index (χ4n) is 1.78. The first-order valence-corrected chi connectivity index (χ1v) is 5.62. The Kier molecular flexibility index (Phi) is 4.83. The lowest BCUT2D eigenvalue weighted by molar-refractivity contribution is -0.144. The molecule has 18 heavy (non-hydrogen) atoms. The zero-order chi connectivity index (χ0) is 13.7. The highest BCUT2D eigenvalue weighted by Crippen LogP contribution is 2.36. The van der Waals surface area contributed by atoms with Crippen LogP contribution < -0.4 is 15.2 Å². The second kappa shape index (κ2) is 6.14. The van der Waals surface area contributed by atoms with E-state index < -0.39 is 0 Å². The Morgan fingerprint density at radius 2 is 1.94 bits per heavy atom. The highest BCUT2D eigenvalue weighted by Gasteiger charge is 2.18. The summed E-state index contributed by atoms with van der Waals surface area (Å²) in [4.78, 5) is 11.4. The van der Waals surface area contributed by atoms with Crippen LogP contribution in [0.4, 0.5) is 5.69 Å². The lowest BCUT2D eigenvalue weighted by Crippen LogP contribution is -2.16. The summed E-state index contributed by atoms with van der Waals surface area (Å²) in [6, 6.07) is 3.60. The summed E-state index contributed by atoms with van der Waals surface area (Å²) in [5.74, 6) is 0.552. The summed E-state index contributed by atoms with van der Waals surface area (Å²) >= 11 is 0. The fraction of sp³-hybridized carbons (Fsp3) is 0.462. The molecule has 0 spiro atoms. The maximum atomic E-state index is 11.4. The number of ether oxygens (including phenoxy) is 3. The van der Waals surface area contributed by atoms with E-state index in [1.807, 2.05) is 6.07 Å². The number of rotatable bonds is 5. The largest absolute Gasteiger partial charge is 0.493 e. The predicted octanol–water partition coefficient (Wildman–Crippen LogP) is 1.64. The van der Waals surface area contributed by atoms with E-state index >= 15 is 0 Å². The Bertz CT molecular complexity index is 431. The van der Waals surface area contributed by atoms with Crippen LogP contribution in [0, 0.1) is 5.92 Å². The smallest absolute Gasteiger partial charge is 0.308 e. The molecule has 0 aromatic heterocycles. The molecule has 0 unspecified atom stereocenters. The van der Waals surface area contributed by atoms with E-state index in [1.54, 1.807) is 20.1 Å². The lowest BCUT2D eigenvalue weighted by atomic mass is 9.99. The zero-order valence-corrected chi connectivity index (χ0v) is 11.1. The third kappa shape index (κ3) is 2.85. The van der Waals surface area contributed by atoms with Crippen molar-refractivity contribution in [3.8, 4) is 11.5 Å².